The molecule has 1 saturated heterocycles. The molecule has 12 heteroatoms. The van der Waals surface area contributed by atoms with Crippen LogP contribution >= 0.6 is 11.8 Å². The first-order chi connectivity index (χ1) is 16.8. The Balaban J connectivity index is 1.67. The molecule has 1 aromatic carbocycles. The normalized spacial score (nSPS) is 24.1. The van der Waals surface area contributed by atoms with Crippen LogP contribution in [-0.2, 0) is 4.74 Å². The first kappa shape index (κ1) is 24.7. The first-order valence-electron chi connectivity index (χ1n) is 10.1. The van der Waals surface area contributed by atoms with E-state index in [9.17, 15) is 33.8 Å². The molecule has 3 aromatic rings. The molecule has 5 atom stereocenters. The Kier molecular flexibility index (Phi) is 7.12. The van der Waals surface area contributed by atoms with Crippen LogP contribution in [0.3, 0.4) is 0 Å². The SMILES string of the molecule is C#Cc1cnc(C#N)c(S[C@@H]2O[C@@H](CO)[C@@H](O)[C@@H](n3cc(-c4cc(F)c(F)c(F)c4)cn3)[C@@H]2O)c1. The van der Waals surface area contributed by atoms with Crippen molar-refractivity contribution in [3.63, 3.8) is 0 Å². The number of nitrogens with zero attached hydrogens (tertiary/aromatic N) is 4. The van der Waals surface area contributed by atoms with Gasteiger partial charge in [0.05, 0.1) is 12.8 Å². The van der Waals surface area contributed by atoms with Crippen molar-refractivity contribution in [3.8, 4) is 29.5 Å². The average molecular weight is 502 g/mol. The van der Waals surface area contributed by atoms with Crippen molar-refractivity contribution < 1.29 is 33.2 Å². The fourth-order valence-corrected chi connectivity index (χ4v) is 4.83. The van der Waals surface area contributed by atoms with E-state index in [1.165, 1.54) is 29.3 Å². The number of hydrogen-bond donors (Lipinski definition) is 3. The summed E-state index contributed by atoms with van der Waals surface area (Å²) in [5.74, 6) is -1.98. The minimum atomic E-state index is -1.61. The molecule has 180 valence electrons. The van der Waals surface area contributed by atoms with E-state index in [2.05, 4.69) is 16.0 Å². The predicted octanol–water partition coefficient (Wildman–Crippen LogP) is 1.99. The molecule has 4 rings (SSSR count). The van der Waals surface area contributed by atoms with E-state index < -0.39 is 53.8 Å². The quantitative estimate of drug-likeness (QED) is 0.358. The van der Waals surface area contributed by atoms with Crippen molar-refractivity contribution in [3.05, 3.63) is 65.5 Å². The maximum Gasteiger partial charge on any atom is 0.194 e. The van der Waals surface area contributed by atoms with E-state index in [-0.39, 0.29) is 16.8 Å². The van der Waals surface area contributed by atoms with Crippen molar-refractivity contribution in [1.29, 1.82) is 5.26 Å². The highest BCUT2D eigenvalue weighted by molar-refractivity contribution is 7.99. The van der Waals surface area contributed by atoms with Gasteiger partial charge >= 0.3 is 0 Å². The highest BCUT2D eigenvalue weighted by Crippen LogP contribution is 2.39. The summed E-state index contributed by atoms with van der Waals surface area (Å²) in [7, 11) is 0. The van der Waals surface area contributed by atoms with E-state index in [1.807, 2.05) is 6.07 Å². The van der Waals surface area contributed by atoms with Crippen LogP contribution < -0.4 is 0 Å². The monoisotopic (exact) mass is 502 g/mol. The number of thioether (sulfide) groups is 1. The molecule has 0 bridgehead atoms. The molecular formula is C23H17F3N4O4S. The minimum Gasteiger partial charge on any atom is -0.394 e. The third-order valence-electron chi connectivity index (χ3n) is 5.44. The van der Waals surface area contributed by atoms with Gasteiger partial charge in [-0.2, -0.15) is 10.4 Å². The third-order valence-corrected chi connectivity index (χ3v) is 6.63. The van der Waals surface area contributed by atoms with Gasteiger partial charge in [0.2, 0.25) is 0 Å². The molecule has 3 heterocycles. The summed E-state index contributed by atoms with van der Waals surface area (Å²) >= 11 is 0.925. The average Bonchev–Trinajstić information content (AvgIpc) is 3.33. The van der Waals surface area contributed by atoms with Gasteiger partial charge in [0.25, 0.3) is 0 Å². The molecule has 1 aliphatic heterocycles. The van der Waals surface area contributed by atoms with Crippen LogP contribution in [-0.4, -0.2) is 60.4 Å². The lowest BCUT2D eigenvalue weighted by Crippen LogP contribution is -2.55. The van der Waals surface area contributed by atoms with Crippen LogP contribution in [0.2, 0.25) is 0 Å². The molecule has 0 radical (unpaired) electrons. The van der Waals surface area contributed by atoms with Crippen LogP contribution in [0.5, 0.6) is 0 Å². The lowest BCUT2D eigenvalue weighted by atomic mass is 9.97. The van der Waals surface area contributed by atoms with E-state index in [0.717, 1.165) is 23.9 Å². The van der Waals surface area contributed by atoms with Crippen LogP contribution in [0.4, 0.5) is 13.2 Å². The topological polar surface area (TPSA) is 124 Å². The van der Waals surface area contributed by atoms with Crippen molar-refractivity contribution >= 4 is 11.8 Å². The van der Waals surface area contributed by atoms with Crippen LogP contribution in [0.15, 0.2) is 41.7 Å². The Morgan fingerprint density at radius 1 is 1.11 bits per heavy atom. The number of aliphatic hydroxyl groups excluding tert-OH is 3. The number of pyridine rings is 1. The van der Waals surface area contributed by atoms with Gasteiger partial charge in [-0.15, -0.1) is 6.42 Å². The number of hydrogen-bond acceptors (Lipinski definition) is 8. The number of nitriles is 1. The molecule has 1 aliphatic rings. The summed E-state index contributed by atoms with van der Waals surface area (Å²) in [4.78, 5) is 4.30. The number of benzene rings is 1. The van der Waals surface area contributed by atoms with Crippen LogP contribution in [0, 0.1) is 41.1 Å². The maximum atomic E-state index is 13.7. The molecule has 2 aromatic heterocycles. The van der Waals surface area contributed by atoms with Crippen molar-refractivity contribution in [2.75, 3.05) is 6.61 Å². The lowest BCUT2D eigenvalue weighted by Gasteiger charge is -2.42. The number of halogens is 3. The fourth-order valence-electron chi connectivity index (χ4n) is 3.67. The highest BCUT2D eigenvalue weighted by atomic mass is 32.2. The van der Waals surface area contributed by atoms with Crippen molar-refractivity contribution in [2.45, 2.75) is 34.7 Å². The number of aromatic nitrogens is 3. The largest absolute Gasteiger partial charge is 0.394 e. The van der Waals surface area contributed by atoms with Crippen LogP contribution in [0.25, 0.3) is 11.1 Å². The van der Waals surface area contributed by atoms with Gasteiger partial charge < -0.3 is 20.1 Å². The Labute approximate surface area is 201 Å². The highest BCUT2D eigenvalue weighted by Gasteiger charge is 2.46. The fraction of sp³-hybridized carbons (Fsp3) is 0.261. The first-order valence-corrected chi connectivity index (χ1v) is 11.0. The molecule has 1 fully saturated rings. The second-order valence-corrected chi connectivity index (χ2v) is 8.75. The number of aliphatic hydroxyl groups is 3. The molecule has 35 heavy (non-hydrogen) atoms. The third kappa shape index (κ3) is 4.75. The van der Waals surface area contributed by atoms with Gasteiger partial charge in [0, 0.05) is 28.4 Å². The summed E-state index contributed by atoms with van der Waals surface area (Å²) in [6.45, 7) is -0.599. The van der Waals surface area contributed by atoms with Gasteiger partial charge in [-0.1, -0.05) is 17.7 Å². The molecule has 3 N–H and O–H groups in total. The second-order valence-electron chi connectivity index (χ2n) is 7.60. The maximum absolute atomic E-state index is 13.7. The molecule has 0 saturated carbocycles. The summed E-state index contributed by atoms with van der Waals surface area (Å²) < 4.78 is 47.5. The van der Waals surface area contributed by atoms with E-state index in [0.29, 0.717) is 10.5 Å². The lowest BCUT2D eigenvalue weighted by molar-refractivity contribution is -0.178. The standard InChI is InChI=1S/C23H17F3N4O4S/c1-2-11-3-18(16(6-27)28-7-11)35-23-22(33)20(21(32)17(10-31)34-23)30-9-13(8-29-30)12-4-14(24)19(26)15(25)5-12/h1,3-5,7-9,17,20-23,31-33H,10H2/t17-,20+,21+,22-,23-/m0/s1. The molecule has 0 spiro atoms. The summed E-state index contributed by atoms with van der Waals surface area (Å²) in [6, 6.07) is 3.87. The Hall–Kier alpha value is -3.39. The molecule has 0 amide bonds. The smallest absolute Gasteiger partial charge is 0.194 e. The Bertz CT molecular complexity index is 1320. The van der Waals surface area contributed by atoms with E-state index in [4.69, 9.17) is 11.2 Å². The zero-order valence-electron chi connectivity index (χ0n) is 17.7. The Morgan fingerprint density at radius 3 is 2.46 bits per heavy atom. The molecule has 0 aliphatic carbocycles. The van der Waals surface area contributed by atoms with Gasteiger partial charge in [-0.25, -0.2) is 18.2 Å². The number of rotatable bonds is 5. The van der Waals surface area contributed by atoms with Gasteiger partial charge in [0.15, 0.2) is 23.1 Å². The van der Waals surface area contributed by atoms with Gasteiger partial charge in [-0.05, 0) is 23.8 Å². The van der Waals surface area contributed by atoms with E-state index >= 15 is 0 Å². The summed E-state index contributed by atoms with van der Waals surface area (Å²) in [5, 5.41) is 45.0. The zero-order chi connectivity index (χ0) is 25.3. The summed E-state index contributed by atoms with van der Waals surface area (Å²) in [5.41, 5.74) is -0.478. The van der Waals surface area contributed by atoms with Crippen molar-refractivity contribution in [2.24, 2.45) is 0 Å². The van der Waals surface area contributed by atoms with Gasteiger partial charge in [0.1, 0.15) is 35.9 Å². The van der Waals surface area contributed by atoms with Crippen molar-refractivity contribution in [1.82, 2.24) is 14.8 Å². The van der Waals surface area contributed by atoms with Gasteiger partial charge in [-0.3, -0.25) is 4.68 Å². The summed E-state index contributed by atoms with van der Waals surface area (Å²) in [6.07, 6.45) is 5.30. The molecular weight excluding hydrogens is 485 g/mol. The number of ether oxygens (including phenoxy) is 1. The second kappa shape index (κ2) is 10.1. The van der Waals surface area contributed by atoms with Crippen LogP contribution in [0.1, 0.15) is 17.3 Å². The molecule has 8 nitrogen and oxygen atoms in total. The number of terminal acetylenes is 1. The predicted molar refractivity (Wildman–Crippen MR) is 117 cm³/mol. The van der Waals surface area contributed by atoms with E-state index in [1.54, 1.807) is 0 Å². The Morgan fingerprint density at radius 2 is 1.83 bits per heavy atom. The molecule has 0 unspecified atom stereocenters. The zero-order valence-corrected chi connectivity index (χ0v) is 18.5. The minimum absolute atomic E-state index is 0.0100.